The summed E-state index contributed by atoms with van der Waals surface area (Å²) in [5.74, 6) is -0.432. The van der Waals surface area contributed by atoms with Crippen LogP contribution < -0.4 is 14.4 Å². The summed E-state index contributed by atoms with van der Waals surface area (Å²) in [6.07, 6.45) is 0. The standard InChI is InChI=1S/C29H33Cl2N3O5S/c1-5-32-29(36)21(4)33(18-22-9-10-23(30)17-27(22)31)28(35)19-34(24-11-7-20(3)8-12-24)40(37,38)26-15-13-25(14-16-26)39-6-2/h7-17,21H,5-6,18-19H2,1-4H3,(H,32,36)/t21-/m0/s1. The Morgan fingerprint density at radius 1 is 0.975 bits per heavy atom. The first-order valence-electron chi connectivity index (χ1n) is 12.8. The number of carbonyl (C=O) groups is 2. The fourth-order valence-corrected chi connectivity index (χ4v) is 5.86. The van der Waals surface area contributed by atoms with Gasteiger partial charge in [-0.25, -0.2) is 8.42 Å². The van der Waals surface area contributed by atoms with E-state index in [1.165, 1.54) is 17.0 Å². The molecule has 214 valence electrons. The zero-order valence-electron chi connectivity index (χ0n) is 22.9. The minimum Gasteiger partial charge on any atom is -0.494 e. The topological polar surface area (TPSA) is 96.0 Å². The Kier molecular flexibility index (Phi) is 10.8. The van der Waals surface area contributed by atoms with E-state index < -0.39 is 28.5 Å². The molecule has 0 aromatic heterocycles. The van der Waals surface area contributed by atoms with Gasteiger partial charge in [-0.2, -0.15) is 0 Å². The largest absolute Gasteiger partial charge is 0.494 e. The third kappa shape index (κ3) is 7.68. The maximum Gasteiger partial charge on any atom is 0.264 e. The fraction of sp³-hybridized carbons (Fsp3) is 0.310. The average molecular weight is 607 g/mol. The van der Waals surface area contributed by atoms with Crippen molar-refractivity contribution in [2.75, 3.05) is 24.0 Å². The smallest absolute Gasteiger partial charge is 0.264 e. The summed E-state index contributed by atoms with van der Waals surface area (Å²) < 4.78 is 34.3. The number of carbonyl (C=O) groups excluding carboxylic acids is 2. The normalized spacial score (nSPS) is 11.9. The van der Waals surface area contributed by atoms with Crippen LogP contribution in [0.1, 0.15) is 31.9 Å². The molecule has 0 aliphatic carbocycles. The molecule has 0 aliphatic heterocycles. The number of nitrogens with zero attached hydrogens (tertiary/aromatic N) is 2. The molecule has 2 amide bonds. The SMILES string of the molecule is CCNC(=O)[C@H](C)N(Cc1ccc(Cl)cc1Cl)C(=O)CN(c1ccc(C)cc1)S(=O)(=O)c1ccc(OCC)cc1. The number of halogens is 2. The van der Waals surface area contributed by atoms with Crippen LogP contribution in [0.3, 0.4) is 0 Å². The molecular weight excluding hydrogens is 573 g/mol. The molecule has 3 aromatic rings. The van der Waals surface area contributed by atoms with Crippen LogP contribution in [0.4, 0.5) is 5.69 Å². The minimum absolute atomic E-state index is 0.00611. The molecule has 0 heterocycles. The van der Waals surface area contributed by atoms with E-state index >= 15 is 0 Å². The molecule has 3 aromatic carbocycles. The molecule has 3 rings (SSSR count). The van der Waals surface area contributed by atoms with Crippen molar-refractivity contribution in [1.82, 2.24) is 10.2 Å². The monoisotopic (exact) mass is 605 g/mol. The maximum atomic E-state index is 13.9. The molecule has 0 aliphatic rings. The van der Waals surface area contributed by atoms with Crippen LogP contribution in [0.5, 0.6) is 5.75 Å². The van der Waals surface area contributed by atoms with E-state index in [0.717, 1.165) is 9.87 Å². The molecule has 0 saturated heterocycles. The van der Waals surface area contributed by atoms with E-state index in [1.54, 1.807) is 68.4 Å². The molecule has 11 heteroatoms. The second-order valence-electron chi connectivity index (χ2n) is 9.08. The first-order valence-corrected chi connectivity index (χ1v) is 15.0. The highest BCUT2D eigenvalue weighted by atomic mass is 35.5. The Morgan fingerprint density at radius 2 is 1.62 bits per heavy atom. The first kappa shape index (κ1) is 31.3. The summed E-state index contributed by atoms with van der Waals surface area (Å²) in [5, 5.41) is 3.47. The van der Waals surface area contributed by atoms with E-state index in [4.69, 9.17) is 27.9 Å². The number of amides is 2. The van der Waals surface area contributed by atoms with Crippen LogP contribution in [-0.4, -0.2) is 50.9 Å². The number of aryl methyl sites for hydroxylation is 1. The highest BCUT2D eigenvalue weighted by Gasteiger charge is 2.32. The molecule has 0 radical (unpaired) electrons. The quantitative estimate of drug-likeness (QED) is 0.296. The van der Waals surface area contributed by atoms with Crippen molar-refractivity contribution in [3.63, 3.8) is 0 Å². The van der Waals surface area contributed by atoms with Gasteiger partial charge in [-0.3, -0.25) is 13.9 Å². The maximum absolute atomic E-state index is 13.9. The number of likely N-dealkylation sites (N-methyl/N-ethyl adjacent to an activating group) is 1. The molecule has 0 fully saturated rings. The lowest BCUT2D eigenvalue weighted by atomic mass is 10.1. The van der Waals surface area contributed by atoms with Gasteiger partial charge < -0.3 is 15.0 Å². The zero-order valence-corrected chi connectivity index (χ0v) is 25.2. The summed E-state index contributed by atoms with van der Waals surface area (Å²) in [7, 11) is -4.18. The van der Waals surface area contributed by atoms with Gasteiger partial charge in [0.1, 0.15) is 18.3 Å². The van der Waals surface area contributed by atoms with E-state index in [1.807, 2.05) is 13.8 Å². The first-order chi connectivity index (χ1) is 19.0. The summed E-state index contributed by atoms with van der Waals surface area (Å²) in [6, 6.07) is 16.8. The second-order valence-corrected chi connectivity index (χ2v) is 11.8. The zero-order chi connectivity index (χ0) is 29.4. The molecule has 1 N–H and O–H groups in total. The van der Waals surface area contributed by atoms with E-state index in [2.05, 4.69) is 5.32 Å². The second kappa shape index (κ2) is 13.9. The number of hydrogen-bond donors (Lipinski definition) is 1. The Balaban J connectivity index is 2.03. The molecule has 0 saturated carbocycles. The van der Waals surface area contributed by atoms with Gasteiger partial charge in [-0.15, -0.1) is 0 Å². The number of hydrogen-bond acceptors (Lipinski definition) is 5. The number of rotatable bonds is 12. The van der Waals surface area contributed by atoms with Crippen molar-refractivity contribution in [2.24, 2.45) is 0 Å². The highest BCUT2D eigenvalue weighted by Crippen LogP contribution is 2.27. The van der Waals surface area contributed by atoms with Crippen molar-refractivity contribution in [1.29, 1.82) is 0 Å². The van der Waals surface area contributed by atoms with E-state index in [9.17, 15) is 18.0 Å². The molecule has 0 unspecified atom stereocenters. The van der Waals surface area contributed by atoms with Crippen molar-refractivity contribution >= 4 is 50.7 Å². The molecule has 0 spiro atoms. The molecule has 0 bridgehead atoms. The van der Waals surface area contributed by atoms with Crippen molar-refractivity contribution in [2.45, 2.75) is 45.2 Å². The van der Waals surface area contributed by atoms with Gasteiger partial charge in [0, 0.05) is 23.1 Å². The molecule has 1 atom stereocenters. The van der Waals surface area contributed by atoms with E-state index in [0.29, 0.717) is 40.2 Å². The average Bonchev–Trinajstić information content (AvgIpc) is 2.92. The van der Waals surface area contributed by atoms with Gasteiger partial charge >= 0.3 is 0 Å². The fourth-order valence-electron chi connectivity index (χ4n) is 3.98. The lowest BCUT2D eigenvalue weighted by molar-refractivity contribution is -0.139. The van der Waals surface area contributed by atoms with Gasteiger partial charge in [-0.05, 0) is 81.8 Å². The van der Waals surface area contributed by atoms with Gasteiger partial charge in [-0.1, -0.05) is 47.0 Å². The van der Waals surface area contributed by atoms with Crippen molar-refractivity contribution in [3.05, 3.63) is 87.9 Å². The summed E-state index contributed by atoms with van der Waals surface area (Å²) in [5.41, 5.74) is 1.80. The predicted octanol–water partition coefficient (Wildman–Crippen LogP) is 5.45. The van der Waals surface area contributed by atoms with Gasteiger partial charge in [0.25, 0.3) is 10.0 Å². The van der Waals surface area contributed by atoms with Crippen LogP contribution in [0.2, 0.25) is 10.0 Å². The number of anilines is 1. The van der Waals surface area contributed by atoms with Crippen LogP contribution in [0.25, 0.3) is 0 Å². The number of benzene rings is 3. The van der Waals surface area contributed by atoms with Gasteiger partial charge in [0.2, 0.25) is 11.8 Å². The lowest BCUT2D eigenvalue weighted by Crippen LogP contribution is -2.51. The van der Waals surface area contributed by atoms with Crippen molar-refractivity contribution in [3.8, 4) is 5.75 Å². The minimum atomic E-state index is -4.18. The summed E-state index contributed by atoms with van der Waals surface area (Å²) in [6.45, 7) is 7.30. The molecule has 8 nitrogen and oxygen atoms in total. The summed E-state index contributed by atoms with van der Waals surface area (Å²) >= 11 is 12.4. The Labute approximate surface area is 245 Å². The van der Waals surface area contributed by atoms with E-state index in [-0.39, 0.29) is 17.3 Å². The Morgan fingerprint density at radius 3 is 2.20 bits per heavy atom. The molecular formula is C29H33Cl2N3O5S. The predicted molar refractivity (Wildman–Crippen MR) is 158 cm³/mol. The van der Waals surface area contributed by atoms with Crippen LogP contribution >= 0.6 is 23.2 Å². The van der Waals surface area contributed by atoms with Crippen LogP contribution in [0.15, 0.2) is 71.6 Å². The number of sulfonamides is 1. The summed E-state index contributed by atoms with van der Waals surface area (Å²) in [4.78, 5) is 28.0. The highest BCUT2D eigenvalue weighted by molar-refractivity contribution is 7.92. The number of nitrogens with one attached hydrogen (secondary N) is 1. The number of ether oxygens (including phenoxy) is 1. The Bertz CT molecular complexity index is 1430. The van der Waals surface area contributed by atoms with Crippen molar-refractivity contribution < 1.29 is 22.7 Å². The van der Waals surface area contributed by atoms with Gasteiger partial charge in [0.05, 0.1) is 17.2 Å². The van der Waals surface area contributed by atoms with Crippen LogP contribution in [-0.2, 0) is 26.2 Å². The lowest BCUT2D eigenvalue weighted by Gasteiger charge is -2.32. The third-order valence-electron chi connectivity index (χ3n) is 6.20. The Hall–Kier alpha value is -3.27. The molecule has 40 heavy (non-hydrogen) atoms. The van der Waals surface area contributed by atoms with Gasteiger partial charge in [0.15, 0.2) is 0 Å². The van der Waals surface area contributed by atoms with Crippen LogP contribution in [0, 0.1) is 6.92 Å². The third-order valence-corrected chi connectivity index (χ3v) is 8.57.